The third-order valence-corrected chi connectivity index (χ3v) is 5.33. The van der Waals surface area contributed by atoms with Crippen molar-refractivity contribution in [1.29, 1.82) is 0 Å². The number of benzene rings is 3. The fourth-order valence-electron chi connectivity index (χ4n) is 2.75. The zero-order chi connectivity index (χ0) is 20.2. The number of fused-ring (bicyclic) bond motifs is 1. The van der Waals surface area contributed by atoms with Gasteiger partial charge in [0.05, 0.1) is 11.0 Å². The van der Waals surface area contributed by atoms with Gasteiger partial charge in [-0.05, 0) is 53.6 Å². The van der Waals surface area contributed by atoms with E-state index in [2.05, 4.69) is 20.9 Å². The molecule has 1 heterocycles. The molecule has 0 bridgehead atoms. The van der Waals surface area contributed by atoms with E-state index in [1.807, 2.05) is 66.7 Å². The Hall–Kier alpha value is -2.40. The second kappa shape index (κ2) is 8.95. The number of para-hydroxylation sites is 2. The van der Waals surface area contributed by atoms with Crippen molar-refractivity contribution in [3.8, 4) is 5.88 Å². The molecule has 144 valence electrons. The predicted molar refractivity (Wildman–Crippen MR) is 123 cm³/mol. The topological polar surface area (TPSA) is 35.0 Å². The lowest BCUT2D eigenvalue weighted by atomic mass is 10.2. The molecule has 0 saturated heterocycles. The van der Waals surface area contributed by atoms with Crippen molar-refractivity contribution in [2.75, 3.05) is 0 Å². The molecule has 0 atom stereocenters. The Bertz CT molecular complexity index is 1190. The Kier molecular flexibility index (Phi) is 6.14. The van der Waals surface area contributed by atoms with Crippen LogP contribution in [0.5, 0.6) is 5.88 Å². The maximum absolute atomic E-state index is 6.28. The van der Waals surface area contributed by atoms with Crippen LogP contribution in [-0.2, 0) is 6.61 Å². The summed E-state index contributed by atoms with van der Waals surface area (Å²) in [5, 5.41) is 1.16. The van der Waals surface area contributed by atoms with Gasteiger partial charge < -0.3 is 4.74 Å². The number of halogens is 3. The molecule has 0 saturated carbocycles. The summed E-state index contributed by atoms with van der Waals surface area (Å²) >= 11 is 15.7. The minimum atomic E-state index is 0.392. The van der Waals surface area contributed by atoms with E-state index in [0.29, 0.717) is 28.2 Å². The standard InChI is InChI=1S/C23H15BrCl2N2O/c24-17-9-5-15(6-10-17)14-29-23-22(27-20-3-1-2-4-21(20)28-23)12-8-16-7-11-18(25)13-19(16)26/h1-13H,14H2/b12-8+. The maximum atomic E-state index is 6.28. The van der Waals surface area contributed by atoms with Gasteiger partial charge >= 0.3 is 0 Å². The lowest BCUT2D eigenvalue weighted by Crippen LogP contribution is -2.01. The first kappa shape index (κ1) is 19.9. The molecule has 0 spiro atoms. The van der Waals surface area contributed by atoms with Crippen molar-refractivity contribution in [3.05, 3.63) is 98.1 Å². The third-order valence-electron chi connectivity index (χ3n) is 4.24. The molecule has 0 aliphatic heterocycles. The molecule has 0 N–H and O–H groups in total. The van der Waals surface area contributed by atoms with E-state index in [4.69, 9.17) is 32.9 Å². The van der Waals surface area contributed by atoms with Gasteiger partial charge in [0.15, 0.2) is 0 Å². The van der Waals surface area contributed by atoms with Crippen LogP contribution in [0, 0.1) is 0 Å². The van der Waals surface area contributed by atoms with Crippen LogP contribution in [0.1, 0.15) is 16.8 Å². The monoisotopic (exact) mass is 484 g/mol. The van der Waals surface area contributed by atoms with Crippen molar-refractivity contribution in [1.82, 2.24) is 9.97 Å². The van der Waals surface area contributed by atoms with E-state index in [-0.39, 0.29) is 0 Å². The van der Waals surface area contributed by atoms with Gasteiger partial charge in [-0.25, -0.2) is 9.97 Å². The van der Waals surface area contributed by atoms with E-state index >= 15 is 0 Å². The van der Waals surface area contributed by atoms with Gasteiger partial charge in [0.2, 0.25) is 5.88 Å². The second-order valence-corrected chi connectivity index (χ2v) is 8.08. The summed E-state index contributed by atoms with van der Waals surface area (Å²) in [6.45, 7) is 0.392. The van der Waals surface area contributed by atoms with Gasteiger partial charge in [0, 0.05) is 14.5 Å². The normalized spacial score (nSPS) is 11.3. The first-order valence-electron chi connectivity index (χ1n) is 8.86. The molecular weight excluding hydrogens is 471 g/mol. The van der Waals surface area contributed by atoms with Crippen molar-refractivity contribution in [3.63, 3.8) is 0 Å². The highest BCUT2D eigenvalue weighted by atomic mass is 79.9. The first-order chi connectivity index (χ1) is 14.1. The van der Waals surface area contributed by atoms with E-state index in [1.165, 1.54) is 0 Å². The van der Waals surface area contributed by atoms with Gasteiger partial charge in [-0.3, -0.25) is 0 Å². The average Bonchev–Trinajstić information content (AvgIpc) is 2.72. The SMILES string of the molecule is Clc1ccc(/C=C/c2nc3ccccc3nc2OCc2ccc(Br)cc2)c(Cl)c1. The fourth-order valence-corrected chi connectivity index (χ4v) is 3.49. The Labute approximate surface area is 187 Å². The molecule has 3 nitrogen and oxygen atoms in total. The molecule has 0 unspecified atom stereocenters. The summed E-state index contributed by atoms with van der Waals surface area (Å²) in [5.74, 6) is 0.466. The van der Waals surface area contributed by atoms with Gasteiger partial charge in [-0.15, -0.1) is 0 Å². The molecule has 0 radical (unpaired) electrons. The van der Waals surface area contributed by atoms with Crippen LogP contribution in [0.4, 0.5) is 0 Å². The summed E-state index contributed by atoms with van der Waals surface area (Å²) in [7, 11) is 0. The molecule has 4 rings (SSSR count). The number of rotatable bonds is 5. The third kappa shape index (κ3) is 4.96. The average molecular weight is 486 g/mol. The molecule has 0 aliphatic carbocycles. The van der Waals surface area contributed by atoms with E-state index in [9.17, 15) is 0 Å². The Morgan fingerprint density at radius 1 is 0.862 bits per heavy atom. The predicted octanol–water partition coefficient (Wildman–Crippen LogP) is 7.45. The van der Waals surface area contributed by atoms with Crippen LogP contribution in [0.3, 0.4) is 0 Å². The first-order valence-corrected chi connectivity index (χ1v) is 10.4. The van der Waals surface area contributed by atoms with Crippen molar-refractivity contribution >= 4 is 62.3 Å². The summed E-state index contributed by atoms with van der Waals surface area (Å²) in [4.78, 5) is 9.37. The summed E-state index contributed by atoms with van der Waals surface area (Å²) in [6, 6.07) is 21.0. The van der Waals surface area contributed by atoms with Crippen LogP contribution >= 0.6 is 39.1 Å². The summed E-state index contributed by atoms with van der Waals surface area (Å²) in [5.41, 5.74) is 4.08. The molecule has 4 aromatic rings. The van der Waals surface area contributed by atoms with Crippen LogP contribution < -0.4 is 4.74 Å². The molecule has 3 aromatic carbocycles. The number of nitrogens with zero attached hydrogens (tertiary/aromatic N) is 2. The quantitative estimate of drug-likeness (QED) is 0.294. The van der Waals surface area contributed by atoms with Gasteiger partial charge in [-0.1, -0.05) is 75.5 Å². The Balaban J connectivity index is 1.67. The van der Waals surface area contributed by atoms with Crippen LogP contribution in [-0.4, -0.2) is 9.97 Å². The van der Waals surface area contributed by atoms with Gasteiger partial charge in [-0.2, -0.15) is 0 Å². The van der Waals surface area contributed by atoms with Crippen molar-refractivity contribution in [2.45, 2.75) is 6.61 Å². The molecule has 1 aromatic heterocycles. The lowest BCUT2D eigenvalue weighted by Gasteiger charge is -2.10. The van der Waals surface area contributed by atoms with Crippen molar-refractivity contribution < 1.29 is 4.74 Å². The molecule has 0 aliphatic rings. The summed E-state index contributed by atoms with van der Waals surface area (Å²) in [6.07, 6.45) is 3.73. The summed E-state index contributed by atoms with van der Waals surface area (Å²) < 4.78 is 7.04. The van der Waals surface area contributed by atoms with E-state index in [1.54, 1.807) is 12.1 Å². The molecular formula is C23H15BrCl2N2O. The molecule has 29 heavy (non-hydrogen) atoms. The zero-order valence-corrected chi connectivity index (χ0v) is 18.2. The fraction of sp³-hybridized carbons (Fsp3) is 0.0435. The van der Waals surface area contributed by atoms with E-state index in [0.717, 1.165) is 26.6 Å². The van der Waals surface area contributed by atoms with Crippen molar-refractivity contribution in [2.24, 2.45) is 0 Å². The largest absolute Gasteiger partial charge is 0.471 e. The van der Waals surface area contributed by atoms with Crippen LogP contribution in [0.2, 0.25) is 10.0 Å². The number of hydrogen-bond donors (Lipinski definition) is 0. The zero-order valence-electron chi connectivity index (χ0n) is 15.1. The minimum absolute atomic E-state index is 0.392. The highest BCUT2D eigenvalue weighted by Gasteiger charge is 2.09. The Morgan fingerprint density at radius 3 is 2.31 bits per heavy atom. The second-order valence-electron chi connectivity index (χ2n) is 6.32. The van der Waals surface area contributed by atoms with Gasteiger partial charge in [0.25, 0.3) is 0 Å². The lowest BCUT2D eigenvalue weighted by molar-refractivity contribution is 0.293. The smallest absolute Gasteiger partial charge is 0.240 e. The molecule has 0 amide bonds. The Morgan fingerprint density at radius 2 is 1.59 bits per heavy atom. The molecule has 0 fully saturated rings. The van der Waals surface area contributed by atoms with E-state index < -0.39 is 0 Å². The number of ether oxygens (including phenoxy) is 1. The van der Waals surface area contributed by atoms with Gasteiger partial charge in [0.1, 0.15) is 12.3 Å². The highest BCUT2D eigenvalue weighted by molar-refractivity contribution is 9.10. The molecule has 6 heteroatoms. The number of hydrogen-bond acceptors (Lipinski definition) is 3. The highest BCUT2D eigenvalue weighted by Crippen LogP contribution is 2.26. The number of aromatic nitrogens is 2. The maximum Gasteiger partial charge on any atom is 0.240 e. The minimum Gasteiger partial charge on any atom is -0.471 e. The van der Waals surface area contributed by atoms with Crippen LogP contribution in [0.25, 0.3) is 23.2 Å². The van der Waals surface area contributed by atoms with Crippen LogP contribution in [0.15, 0.2) is 71.2 Å².